The summed E-state index contributed by atoms with van der Waals surface area (Å²) < 4.78 is 16.2. The summed E-state index contributed by atoms with van der Waals surface area (Å²) in [5, 5.41) is 6.65. The van der Waals surface area contributed by atoms with Crippen molar-refractivity contribution in [3.8, 4) is 11.3 Å². The molecule has 2 aromatic heterocycles. The summed E-state index contributed by atoms with van der Waals surface area (Å²) in [5.74, 6) is -0.289. The molecule has 0 bridgehead atoms. The molecule has 0 fully saturated rings. The Morgan fingerprint density at radius 2 is 1.83 bits per heavy atom. The number of rotatable bonds is 5. The first-order valence-electron chi connectivity index (χ1n) is 9.18. The Morgan fingerprint density at radius 3 is 2.59 bits per heavy atom. The van der Waals surface area contributed by atoms with Crippen molar-refractivity contribution in [1.82, 2.24) is 9.66 Å². The van der Waals surface area contributed by atoms with Gasteiger partial charge in [0.25, 0.3) is 0 Å². The van der Waals surface area contributed by atoms with Gasteiger partial charge in [0.15, 0.2) is 0 Å². The third-order valence-electron chi connectivity index (χ3n) is 4.40. The van der Waals surface area contributed by atoms with E-state index in [1.165, 1.54) is 17.4 Å². The second-order valence-electron chi connectivity index (χ2n) is 6.42. The lowest BCUT2D eigenvalue weighted by Crippen LogP contribution is -2.15. The first-order chi connectivity index (χ1) is 14.2. The summed E-state index contributed by atoms with van der Waals surface area (Å²) in [6.07, 6.45) is 3.48. The number of benzene rings is 2. The zero-order chi connectivity index (χ0) is 20.1. The smallest absolute Gasteiger partial charge is 0.206 e. The lowest BCUT2D eigenvalue weighted by atomic mass is 10.1. The fraction of sp³-hybridized carbons (Fsp3) is 0.0870. The molecule has 144 valence electrons. The maximum Gasteiger partial charge on any atom is 0.206 e. The average Bonchev–Trinajstić information content (AvgIpc) is 3.16. The Kier molecular flexibility index (Phi) is 5.72. The quantitative estimate of drug-likeness (QED) is 0.427. The van der Waals surface area contributed by atoms with Gasteiger partial charge in [-0.15, -0.1) is 11.3 Å². The normalized spacial score (nSPS) is 12.3. The van der Waals surface area contributed by atoms with Crippen molar-refractivity contribution >= 4 is 17.0 Å². The van der Waals surface area contributed by atoms with Gasteiger partial charge in [0.2, 0.25) is 4.80 Å². The van der Waals surface area contributed by atoms with Crippen molar-refractivity contribution in [2.45, 2.75) is 13.5 Å². The SMILES string of the molecule is CC(=Nn1c(-c2ccccc2F)csc1=NCc1ccccc1)c1cccnc1. The van der Waals surface area contributed by atoms with E-state index in [1.807, 2.05) is 60.8 Å². The van der Waals surface area contributed by atoms with Crippen molar-refractivity contribution in [2.75, 3.05) is 0 Å². The van der Waals surface area contributed by atoms with Gasteiger partial charge in [0.05, 0.1) is 18.0 Å². The Morgan fingerprint density at radius 1 is 1.03 bits per heavy atom. The highest BCUT2D eigenvalue weighted by Gasteiger charge is 2.12. The number of hydrogen-bond acceptors (Lipinski definition) is 4. The molecular formula is C23H19FN4S. The van der Waals surface area contributed by atoms with Crippen LogP contribution in [-0.4, -0.2) is 15.4 Å². The molecule has 4 rings (SSSR count). The van der Waals surface area contributed by atoms with E-state index in [2.05, 4.69) is 4.98 Å². The van der Waals surface area contributed by atoms with Crippen LogP contribution in [-0.2, 0) is 6.54 Å². The minimum Gasteiger partial charge on any atom is -0.264 e. The van der Waals surface area contributed by atoms with Crippen LogP contribution in [0.4, 0.5) is 4.39 Å². The molecule has 6 heteroatoms. The van der Waals surface area contributed by atoms with E-state index in [0.717, 1.165) is 16.8 Å². The van der Waals surface area contributed by atoms with E-state index in [-0.39, 0.29) is 5.82 Å². The third-order valence-corrected chi connectivity index (χ3v) is 5.26. The van der Waals surface area contributed by atoms with Crippen molar-refractivity contribution in [1.29, 1.82) is 0 Å². The molecule has 0 atom stereocenters. The molecule has 0 radical (unpaired) electrons. The molecule has 0 unspecified atom stereocenters. The van der Waals surface area contributed by atoms with E-state index in [4.69, 9.17) is 10.1 Å². The number of hydrogen-bond donors (Lipinski definition) is 0. The van der Waals surface area contributed by atoms with E-state index < -0.39 is 0 Å². The van der Waals surface area contributed by atoms with Crippen LogP contribution >= 0.6 is 11.3 Å². The minimum atomic E-state index is -0.289. The van der Waals surface area contributed by atoms with Crippen LogP contribution in [0.15, 0.2) is 94.6 Å². The summed E-state index contributed by atoms with van der Waals surface area (Å²) in [5.41, 5.74) is 3.94. The molecule has 0 spiro atoms. The Balaban J connectivity index is 1.83. The average molecular weight is 402 g/mol. The van der Waals surface area contributed by atoms with Gasteiger partial charge in [-0.2, -0.15) is 5.10 Å². The first kappa shape index (κ1) is 19.0. The zero-order valence-electron chi connectivity index (χ0n) is 15.9. The monoisotopic (exact) mass is 402 g/mol. The lowest BCUT2D eigenvalue weighted by molar-refractivity contribution is 0.629. The van der Waals surface area contributed by atoms with Crippen LogP contribution in [0.3, 0.4) is 0 Å². The van der Waals surface area contributed by atoms with Gasteiger partial charge in [0.1, 0.15) is 5.82 Å². The molecule has 29 heavy (non-hydrogen) atoms. The standard InChI is InChI=1S/C23H19FN4S/c1-17(19-10-7-13-25-15-19)27-28-22(20-11-5-6-12-21(20)24)16-29-23(28)26-14-18-8-3-2-4-9-18/h2-13,15-16H,14H2,1H3. The van der Waals surface area contributed by atoms with Crippen molar-refractivity contribution in [3.05, 3.63) is 106 Å². The van der Waals surface area contributed by atoms with Gasteiger partial charge in [-0.25, -0.2) is 9.07 Å². The van der Waals surface area contributed by atoms with Crippen LogP contribution in [0.25, 0.3) is 11.3 Å². The summed E-state index contributed by atoms with van der Waals surface area (Å²) in [6, 6.07) is 20.5. The summed E-state index contributed by atoms with van der Waals surface area (Å²) in [7, 11) is 0. The Bertz CT molecular complexity index is 1190. The van der Waals surface area contributed by atoms with Crippen LogP contribution in [0, 0.1) is 5.82 Å². The number of thiazole rings is 1. The lowest BCUT2D eigenvalue weighted by Gasteiger charge is -2.07. The Hall–Kier alpha value is -3.38. The van der Waals surface area contributed by atoms with E-state index in [1.54, 1.807) is 29.2 Å². The van der Waals surface area contributed by atoms with Gasteiger partial charge in [-0.3, -0.25) is 9.98 Å². The van der Waals surface area contributed by atoms with Gasteiger partial charge in [-0.05, 0) is 30.7 Å². The highest BCUT2D eigenvalue weighted by molar-refractivity contribution is 7.07. The molecule has 2 aromatic carbocycles. The molecule has 0 aliphatic carbocycles. The summed E-state index contributed by atoms with van der Waals surface area (Å²) >= 11 is 1.44. The fourth-order valence-electron chi connectivity index (χ4n) is 2.89. The highest BCUT2D eigenvalue weighted by atomic mass is 32.1. The van der Waals surface area contributed by atoms with Crippen LogP contribution < -0.4 is 4.80 Å². The largest absolute Gasteiger partial charge is 0.264 e. The number of aromatic nitrogens is 2. The molecule has 4 aromatic rings. The second kappa shape index (κ2) is 8.75. The fourth-order valence-corrected chi connectivity index (χ4v) is 3.71. The first-order valence-corrected chi connectivity index (χ1v) is 10.1. The maximum atomic E-state index is 14.5. The molecule has 4 nitrogen and oxygen atoms in total. The topological polar surface area (TPSA) is 42.5 Å². The third kappa shape index (κ3) is 4.38. The highest BCUT2D eigenvalue weighted by Crippen LogP contribution is 2.23. The molecule has 0 amide bonds. The minimum absolute atomic E-state index is 0.289. The molecule has 0 aliphatic rings. The number of halogens is 1. The molecule has 0 N–H and O–H groups in total. The maximum absolute atomic E-state index is 14.5. The predicted octanol–water partition coefficient (Wildman–Crippen LogP) is 5.12. The van der Waals surface area contributed by atoms with E-state index in [0.29, 0.717) is 22.6 Å². The second-order valence-corrected chi connectivity index (χ2v) is 7.26. The number of pyridine rings is 1. The Labute approximate surface area is 172 Å². The molecule has 0 saturated heterocycles. The van der Waals surface area contributed by atoms with Crippen LogP contribution in [0.5, 0.6) is 0 Å². The summed E-state index contributed by atoms with van der Waals surface area (Å²) in [6.45, 7) is 2.44. The van der Waals surface area contributed by atoms with Crippen molar-refractivity contribution in [2.24, 2.45) is 10.1 Å². The summed E-state index contributed by atoms with van der Waals surface area (Å²) in [4.78, 5) is 9.60. The molecule has 0 aliphatic heterocycles. The van der Waals surface area contributed by atoms with Crippen LogP contribution in [0.2, 0.25) is 0 Å². The molecular weight excluding hydrogens is 383 g/mol. The van der Waals surface area contributed by atoms with E-state index >= 15 is 0 Å². The number of nitrogens with zero attached hydrogens (tertiary/aromatic N) is 4. The van der Waals surface area contributed by atoms with Gasteiger partial charge < -0.3 is 0 Å². The van der Waals surface area contributed by atoms with Crippen LogP contribution in [0.1, 0.15) is 18.1 Å². The predicted molar refractivity (Wildman–Crippen MR) is 115 cm³/mol. The van der Waals surface area contributed by atoms with E-state index in [9.17, 15) is 4.39 Å². The van der Waals surface area contributed by atoms with Crippen molar-refractivity contribution < 1.29 is 4.39 Å². The van der Waals surface area contributed by atoms with Gasteiger partial charge in [0, 0.05) is 28.9 Å². The molecule has 2 heterocycles. The van der Waals surface area contributed by atoms with Gasteiger partial charge >= 0.3 is 0 Å². The zero-order valence-corrected chi connectivity index (χ0v) is 16.7. The van der Waals surface area contributed by atoms with Crippen molar-refractivity contribution in [3.63, 3.8) is 0 Å². The molecule has 0 saturated carbocycles. The van der Waals surface area contributed by atoms with Gasteiger partial charge in [-0.1, -0.05) is 48.5 Å².